The minimum absolute atomic E-state index is 0.502. The maximum atomic E-state index is 5.10. The first kappa shape index (κ1) is 18.9. The second kappa shape index (κ2) is 7.72. The Morgan fingerprint density at radius 1 is 0.968 bits per heavy atom. The smallest absolute Gasteiger partial charge is 0.140 e. The Morgan fingerprint density at radius 2 is 1.84 bits per heavy atom. The van der Waals surface area contributed by atoms with Crippen LogP contribution in [-0.2, 0) is 6.42 Å². The monoisotopic (exact) mass is 411 g/mol. The van der Waals surface area contributed by atoms with Crippen LogP contribution in [0.15, 0.2) is 47.6 Å². The Hall–Kier alpha value is -2.79. The number of nitrogens with one attached hydrogen (secondary N) is 1. The summed E-state index contributed by atoms with van der Waals surface area (Å²) in [5.74, 6) is 2.18. The van der Waals surface area contributed by atoms with Gasteiger partial charge in [0, 0.05) is 34.6 Å². The molecule has 0 amide bonds. The first-order chi connectivity index (χ1) is 15.2. The van der Waals surface area contributed by atoms with E-state index in [0.717, 1.165) is 72.8 Å². The molecule has 1 aliphatic carbocycles. The number of anilines is 2. The van der Waals surface area contributed by atoms with Gasteiger partial charge in [0.25, 0.3) is 0 Å². The molecule has 0 bridgehead atoms. The molecular formula is C26H29N5. The van der Waals surface area contributed by atoms with Crippen molar-refractivity contribution in [3.05, 3.63) is 53.9 Å². The summed E-state index contributed by atoms with van der Waals surface area (Å²) in [6, 6.07) is 12.9. The fraction of sp³-hybridized carbons (Fsp3) is 0.423. The van der Waals surface area contributed by atoms with E-state index >= 15 is 0 Å². The van der Waals surface area contributed by atoms with Crippen LogP contribution in [0.4, 0.5) is 17.2 Å². The predicted octanol–water partition coefficient (Wildman–Crippen LogP) is 5.61. The third-order valence-electron chi connectivity index (χ3n) is 7.06. The number of nitrogens with zero attached hydrogens (tertiary/aromatic N) is 4. The molecule has 6 rings (SSSR count). The van der Waals surface area contributed by atoms with Gasteiger partial charge in [0.15, 0.2) is 0 Å². The number of pyridine rings is 2. The van der Waals surface area contributed by atoms with Crippen molar-refractivity contribution in [1.82, 2.24) is 14.9 Å². The maximum absolute atomic E-state index is 5.10. The maximum Gasteiger partial charge on any atom is 0.140 e. The number of hydrogen-bond acceptors (Lipinski definition) is 5. The molecule has 158 valence electrons. The van der Waals surface area contributed by atoms with E-state index in [1.54, 1.807) is 0 Å². The molecule has 0 unspecified atom stereocenters. The van der Waals surface area contributed by atoms with Crippen LogP contribution in [0.5, 0.6) is 0 Å². The van der Waals surface area contributed by atoms with E-state index in [1.165, 1.54) is 29.8 Å². The van der Waals surface area contributed by atoms with E-state index < -0.39 is 0 Å². The quantitative estimate of drug-likeness (QED) is 0.606. The van der Waals surface area contributed by atoms with Gasteiger partial charge >= 0.3 is 0 Å². The van der Waals surface area contributed by atoms with Crippen LogP contribution in [0.3, 0.4) is 0 Å². The summed E-state index contributed by atoms with van der Waals surface area (Å²) in [5.41, 5.74) is 7.17. The Balaban J connectivity index is 1.32. The molecule has 2 aliphatic heterocycles. The number of benzene rings is 1. The SMILES string of the molecule is CN1CCC(c2cc3ncccc3c(Nc3ccc4c(c3)CCC(C3CC3)=N4)n2)CC1. The zero-order valence-corrected chi connectivity index (χ0v) is 18.1. The van der Waals surface area contributed by atoms with Crippen LogP contribution < -0.4 is 5.32 Å². The van der Waals surface area contributed by atoms with Crippen molar-refractivity contribution in [2.45, 2.75) is 44.4 Å². The van der Waals surface area contributed by atoms with Crippen molar-refractivity contribution >= 4 is 33.8 Å². The van der Waals surface area contributed by atoms with Gasteiger partial charge in [-0.05, 0) is 107 Å². The lowest BCUT2D eigenvalue weighted by Gasteiger charge is -2.29. The molecule has 3 aromatic rings. The number of hydrogen-bond donors (Lipinski definition) is 1. The van der Waals surface area contributed by atoms with Gasteiger partial charge in [-0.3, -0.25) is 9.98 Å². The topological polar surface area (TPSA) is 53.4 Å². The molecular weight excluding hydrogens is 382 g/mol. The molecule has 1 saturated carbocycles. The van der Waals surface area contributed by atoms with E-state index in [0.29, 0.717) is 5.92 Å². The lowest BCUT2D eigenvalue weighted by atomic mass is 9.93. The molecule has 5 nitrogen and oxygen atoms in total. The van der Waals surface area contributed by atoms with Crippen molar-refractivity contribution in [1.29, 1.82) is 0 Å². The second-order valence-electron chi connectivity index (χ2n) is 9.39. The number of piperidine rings is 1. The summed E-state index contributed by atoms with van der Waals surface area (Å²) >= 11 is 0. The molecule has 5 heteroatoms. The Labute approximate surface area is 183 Å². The van der Waals surface area contributed by atoms with Gasteiger partial charge in [-0.2, -0.15) is 0 Å². The van der Waals surface area contributed by atoms with Crippen molar-refractivity contribution in [3.8, 4) is 0 Å². The third-order valence-corrected chi connectivity index (χ3v) is 7.06. The van der Waals surface area contributed by atoms with E-state index in [-0.39, 0.29) is 0 Å². The highest BCUT2D eigenvalue weighted by Gasteiger charge is 2.29. The zero-order chi connectivity index (χ0) is 20.8. The highest BCUT2D eigenvalue weighted by molar-refractivity contribution is 5.94. The molecule has 0 spiro atoms. The van der Waals surface area contributed by atoms with Gasteiger partial charge < -0.3 is 10.2 Å². The summed E-state index contributed by atoms with van der Waals surface area (Å²) in [4.78, 5) is 17.1. The number of rotatable bonds is 4. The van der Waals surface area contributed by atoms with Gasteiger partial charge in [-0.15, -0.1) is 0 Å². The molecule has 0 radical (unpaired) electrons. The normalized spacial score (nSPS) is 19.8. The largest absolute Gasteiger partial charge is 0.340 e. The highest BCUT2D eigenvalue weighted by Crippen LogP contribution is 2.38. The van der Waals surface area contributed by atoms with Gasteiger partial charge in [0.1, 0.15) is 5.82 Å². The predicted molar refractivity (Wildman–Crippen MR) is 127 cm³/mol. The fourth-order valence-electron chi connectivity index (χ4n) is 5.00. The molecule has 3 aliphatic rings. The van der Waals surface area contributed by atoms with Crippen LogP contribution in [0, 0.1) is 5.92 Å². The van der Waals surface area contributed by atoms with Crippen molar-refractivity contribution in [3.63, 3.8) is 0 Å². The zero-order valence-electron chi connectivity index (χ0n) is 18.1. The number of likely N-dealkylation sites (tertiary alicyclic amines) is 1. The first-order valence-electron chi connectivity index (χ1n) is 11.6. The molecule has 31 heavy (non-hydrogen) atoms. The Kier molecular flexibility index (Phi) is 4.72. The molecule has 1 aromatic carbocycles. The van der Waals surface area contributed by atoms with Crippen molar-refractivity contribution in [2.75, 3.05) is 25.5 Å². The lowest BCUT2D eigenvalue weighted by molar-refractivity contribution is 0.253. The van der Waals surface area contributed by atoms with Crippen molar-refractivity contribution < 1.29 is 0 Å². The standard InChI is InChI=1S/C26H29N5/c1-31-13-10-18(11-14-31)24-16-25-21(3-2-12-27-25)26(30-24)28-20-7-9-23-19(15-20)6-8-22(29-23)17-4-5-17/h2-3,7,9,12,15-18H,4-6,8,10-11,13-14H2,1H3,(H,28,30). The first-order valence-corrected chi connectivity index (χ1v) is 11.6. The van der Waals surface area contributed by atoms with Crippen LogP contribution in [0.25, 0.3) is 10.9 Å². The van der Waals surface area contributed by atoms with Gasteiger partial charge in [0.2, 0.25) is 0 Å². The highest BCUT2D eigenvalue weighted by atomic mass is 15.1. The molecule has 2 fully saturated rings. The summed E-state index contributed by atoms with van der Waals surface area (Å²) < 4.78 is 0. The number of aliphatic imine (C=N–C) groups is 1. The number of fused-ring (bicyclic) bond motifs is 2. The van der Waals surface area contributed by atoms with E-state index in [9.17, 15) is 0 Å². The van der Waals surface area contributed by atoms with Crippen LogP contribution >= 0.6 is 0 Å². The lowest BCUT2D eigenvalue weighted by Crippen LogP contribution is -2.29. The van der Waals surface area contributed by atoms with Crippen LogP contribution in [0.2, 0.25) is 0 Å². The van der Waals surface area contributed by atoms with E-state index in [2.05, 4.69) is 52.6 Å². The fourth-order valence-corrected chi connectivity index (χ4v) is 5.00. The third kappa shape index (κ3) is 3.83. The Morgan fingerprint density at radius 3 is 2.68 bits per heavy atom. The molecule has 4 heterocycles. The number of aromatic nitrogens is 2. The minimum atomic E-state index is 0.502. The molecule has 1 N–H and O–H groups in total. The molecule has 2 aromatic heterocycles. The minimum Gasteiger partial charge on any atom is -0.340 e. The van der Waals surface area contributed by atoms with Crippen LogP contribution in [0.1, 0.15) is 49.3 Å². The average molecular weight is 412 g/mol. The second-order valence-corrected chi connectivity index (χ2v) is 9.39. The summed E-state index contributed by atoms with van der Waals surface area (Å²) in [6.07, 6.45) is 9.04. The Bertz CT molecular complexity index is 1160. The molecule has 1 saturated heterocycles. The van der Waals surface area contributed by atoms with Crippen LogP contribution in [-0.4, -0.2) is 40.7 Å². The van der Waals surface area contributed by atoms with Gasteiger partial charge in [-0.25, -0.2) is 4.98 Å². The summed E-state index contributed by atoms with van der Waals surface area (Å²) in [5, 5.41) is 4.70. The van der Waals surface area contributed by atoms with Gasteiger partial charge in [0.05, 0.1) is 11.2 Å². The summed E-state index contributed by atoms with van der Waals surface area (Å²) in [7, 11) is 2.20. The van der Waals surface area contributed by atoms with Crippen molar-refractivity contribution in [2.24, 2.45) is 10.9 Å². The van der Waals surface area contributed by atoms with E-state index in [1.807, 2.05) is 12.3 Å². The summed E-state index contributed by atoms with van der Waals surface area (Å²) in [6.45, 7) is 2.26. The average Bonchev–Trinajstić information content (AvgIpc) is 3.65. The van der Waals surface area contributed by atoms with E-state index in [4.69, 9.17) is 9.98 Å². The molecule has 0 atom stereocenters. The van der Waals surface area contributed by atoms with Gasteiger partial charge in [-0.1, -0.05) is 0 Å². The number of aryl methyl sites for hydroxylation is 1.